The van der Waals surface area contributed by atoms with Crippen LogP contribution < -0.4 is 5.32 Å². The first-order chi connectivity index (χ1) is 15.1. The van der Waals surface area contributed by atoms with E-state index in [1.807, 2.05) is 48.9 Å². The van der Waals surface area contributed by atoms with Crippen LogP contribution in [0, 0.1) is 5.92 Å². The van der Waals surface area contributed by atoms with Crippen molar-refractivity contribution in [2.75, 3.05) is 19.6 Å². The molecule has 1 aromatic heterocycles. The number of para-hydroxylation sites is 1. The zero-order chi connectivity index (χ0) is 21.6. The molecule has 1 aromatic carbocycles. The highest BCUT2D eigenvalue weighted by Crippen LogP contribution is 2.30. The summed E-state index contributed by atoms with van der Waals surface area (Å²) in [5, 5.41) is 15.5. The predicted octanol–water partition coefficient (Wildman–Crippen LogP) is 3.24. The molecule has 2 fully saturated rings. The summed E-state index contributed by atoms with van der Waals surface area (Å²) in [4.78, 5) is 17.4. The Hall–Kier alpha value is -2.48. The molecular formula is C23H35N7O. The molecule has 0 aliphatic carbocycles. The third-order valence-corrected chi connectivity index (χ3v) is 6.55. The van der Waals surface area contributed by atoms with E-state index in [1.165, 1.54) is 12.8 Å². The second kappa shape index (κ2) is 10.2. The van der Waals surface area contributed by atoms with E-state index in [1.54, 1.807) is 0 Å². The molecule has 2 aromatic rings. The maximum absolute atomic E-state index is 12.8. The number of carbonyl (C=O) groups excluding carboxylic acids is 1. The fraction of sp³-hybridized carbons (Fsp3) is 0.652. The summed E-state index contributed by atoms with van der Waals surface area (Å²) >= 11 is 0. The number of hydrogen-bond acceptors (Lipinski definition) is 5. The molecule has 0 saturated carbocycles. The van der Waals surface area contributed by atoms with Gasteiger partial charge in [0.15, 0.2) is 5.82 Å². The number of hydrogen-bond donors (Lipinski definition) is 1. The van der Waals surface area contributed by atoms with Gasteiger partial charge >= 0.3 is 6.03 Å². The maximum atomic E-state index is 12.8. The summed E-state index contributed by atoms with van der Waals surface area (Å²) in [7, 11) is 0. The van der Waals surface area contributed by atoms with E-state index in [0.29, 0.717) is 12.0 Å². The highest BCUT2D eigenvalue weighted by Gasteiger charge is 2.34. The summed E-state index contributed by atoms with van der Waals surface area (Å²) in [5.41, 5.74) is 0.989. The third kappa shape index (κ3) is 5.42. The van der Waals surface area contributed by atoms with Gasteiger partial charge < -0.3 is 10.2 Å². The Bertz CT molecular complexity index is 829. The van der Waals surface area contributed by atoms with Crippen molar-refractivity contribution in [3.63, 3.8) is 0 Å². The average molecular weight is 426 g/mol. The molecule has 8 heteroatoms. The molecule has 31 heavy (non-hydrogen) atoms. The van der Waals surface area contributed by atoms with Gasteiger partial charge in [-0.15, -0.1) is 5.10 Å². The van der Waals surface area contributed by atoms with Gasteiger partial charge in [-0.05, 0) is 81.1 Å². The lowest BCUT2D eigenvalue weighted by Crippen LogP contribution is -2.52. The number of nitrogens with zero attached hydrogens (tertiary/aromatic N) is 6. The van der Waals surface area contributed by atoms with E-state index in [9.17, 15) is 4.79 Å². The average Bonchev–Trinajstić information content (AvgIpc) is 3.08. The molecule has 4 rings (SSSR count). The van der Waals surface area contributed by atoms with Gasteiger partial charge in [0.25, 0.3) is 0 Å². The van der Waals surface area contributed by atoms with Crippen LogP contribution in [0.2, 0.25) is 0 Å². The number of nitrogens with one attached hydrogen (secondary N) is 1. The summed E-state index contributed by atoms with van der Waals surface area (Å²) in [6, 6.07) is 10.7. The highest BCUT2D eigenvalue weighted by molar-refractivity contribution is 5.74. The van der Waals surface area contributed by atoms with Gasteiger partial charge in [0, 0.05) is 18.6 Å². The Morgan fingerprint density at radius 1 is 1.06 bits per heavy atom. The van der Waals surface area contributed by atoms with Gasteiger partial charge in [-0.1, -0.05) is 31.0 Å². The summed E-state index contributed by atoms with van der Waals surface area (Å²) in [6.07, 6.45) is 6.92. The van der Waals surface area contributed by atoms with E-state index in [-0.39, 0.29) is 12.1 Å². The highest BCUT2D eigenvalue weighted by atomic mass is 16.2. The normalized spacial score (nSPS) is 21.3. The Balaban J connectivity index is 1.37. The molecule has 168 valence electrons. The number of piperidine rings is 1. The molecule has 2 amide bonds. The van der Waals surface area contributed by atoms with E-state index in [2.05, 4.69) is 30.6 Å². The van der Waals surface area contributed by atoms with Crippen LogP contribution in [0.5, 0.6) is 0 Å². The minimum Gasteiger partial charge on any atom is -0.336 e. The number of rotatable bonds is 5. The molecule has 2 saturated heterocycles. The van der Waals surface area contributed by atoms with Crippen molar-refractivity contribution in [2.24, 2.45) is 5.92 Å². The van der Waals surface area contributed by atoms with Crippen LogP contribution in [0.25, 0.3) is 5.69 Å². The SMILES string of the molecule is CC(C)NC(=O)N1CCCCC[C@H]1C1CCN(Cc2nnnn2-c2ccccc2)CC1. The number of carbonyl (C=O) groups is 1. The summed E-state index contributed by atoms with van der Waals surface area (Å²) in [6.45, 7) is 7.73. The van der Waals surface area contributed by atoms with Crippen molar-refractivity contribution < 1.29 is 4.79 Å². The van der Waals surface area contributed by atoms with Crippen LogP contribution in [-0.2, 0) is 6.54 Å². The maximum Gasteiger partial charge on any atom is 0.317 e. The van der Waals surface area contributed by atoms with Gasteiger partial charge in [0.05, 0.1) is 12.2 Å². The Morgan fingerprint density at radius 3 is 2.58 bits per heavy atom. The lowest BCUT2D eigenvalue weighted by molar-refractivity contribution is 0.0961. The van der Waals surface area contributed by atoms with E-state index >= 15 is 0 Å². The van der Waals surface area contributed by atoms with Gasteiger partial charge in [0.2, 0.25) is 0 Å². The number of aromatic nitrogens is 4. The third-order valence-electron chi connectivity index (χ3n) is 6.55. The number of likely N-dealkylation sites (tertiary alicyclic amines) is 2. The lowest BCUT2D eigenvalue weighted by Gasteiger charge is -2.40. The number of amides is 2. The Kier molecular flexibility index (Phi) is 7.17. The number of benzene rings is 1. The first-order valence-corrected chi connectivity index (χ1v) is 11.7. The van der Waals surface area contributed by atoms with E-state index in [0.717, 1.165) is 63.4 Å². The Morgan fingerprint density at radius 2 is 1.84 bits per heavy atom. The topological polar surface area (TPSA) is 79.2 Å². The second-order valence-electron chi connectivity index (χ2n) is 9.17. The van der Waals surface area contributed by atoms with Crippen molar-refractivity contribution in [3.8, 4) is 5.69 Å². The fourth-order valence-electron chi connectivity index (χ4n) is 4.98. The van der Waals surface area contributed by atoms with Crippen LogP contribution in [0.15, 0.2) is 30.3 Å². The van der Waals surface area contributed by atoms with Gasteiger partial charge in [0.1, 0.15) is 0 Å². The lowest BCUT2D eigenvalue weighted by atomic mass is 9.86. The van der Waals surface area contributed by atoms with Crippen LogP contribution in [0.1, 0.15) is 58.2 Å². The minimum atomic E-state index is 0.117. The minimum absolute atomic E-state index is 0.117. The van der Waals surface area contributed by atoms with Gasteiger partial charge in [-0.25, -0.2) is 4.79 Å². The molecule has 1 N–H and O–H groups in total. The largest absolute Gasteiger partial charge is 0.336 e. The van der Waals surface area contributed by atoms with Crippen molar-refractivity contribution in [1.29, 1.82) is 0 Å². The monoisotopic (exact) mass is 425 g/mol. The van der Waals surface area contributed by atoms with Crippen molar-refractivity contribution >= 4 is 6.03 Å². The first-order valence-electron chi connectivity index (χ1n) is 11.7. The van der Waals surface area contributed by atoms with Crippen LogP contribution in [0.4, 0.5) is 4.79 Å². The zero-order valence-corrected chi connectivity index (χ0v) is 18.8. The predicted molar refractivity (Wildman–Crippen MR) is 120 cm³/mol. The Labute approximate surface area is 185 Å². The van der Waals surface area contributed by atoms with Gasteiger partial charge in [-0.2, -0.15) is 4.68 Å². The molecule has 1 atom stereocenters. The molecule has 0 spiro atoms. The molecule has 2 aliphatic heterocycles. The molecule has 0 radical (unpaired) electrons. The van der Waals surface area contributed by atoms with Crippen LogP contribution in [0.3, 0.4) is 0 Å². The van der Waals surface area contributed by atoms with E-state index < -0.39 is 0 Å². The fourth-order valence-corrected chi connectivity index (χ4v) is 4.98. The molecule has 3 heterocycles. The zero-order valence-electron chi connectivity index (χ0n) is 18.8. The van der Waals surface area contributed by atoms with Crippen molar-refractivity contribution in [1.82, 2.24) is 35.3 Å². The molecule has 8 nitrogen and oxygen atoms in total. The van der Waals surface area contributed by atoms with E-state index in [4.69, 9.17) is 0 Å². The van der Waals surface area contributed by atoms with Crippen LogP contribution in [-0.4, -0.2) is 67.8 Å². The standard InChI is InChI=1S/C23H35N7O/c1-18(2)24-23(31)29-14-8-4-7-11-21(29)19-12-15-28(16-13-19)17-22-25-26-27-30(22)20-9-5-3-6-10-20/h3,5-6,9-10,18-19,21H,4,7-8,11-17H2,1-2H3,(H,24,31)/t21-/m0/s1. The number of urea groups is 1. The molecule has 0 unspecified atom stereocenters. The van der Waals surface area contributed by atoms with Crippen molar-refractivity contribution in [2.45, 2.75) is 71.0 Å². The molecular weight excluding hydrogens is 390 g/mol. The smallest absolute Gasteiger partial charge is 0.317 e. The van der Waals surface area contributed by atoms with Gasteiger partial charge in [-0.3, -0.25) is 4.90 Å². The quantitative estimate of drug-likeness (QED) is 0.796. The molecule has 0 bridgehead atoms. The second-order valence-corrected chi connectivity index (χ2v) is 9.17. The summed E-state index contributed by atoms with van der Waals surface area (Å²) < 4.78 is 1.83. The van der Waals surface area contributed by atoms with Crippen LogP contribution >= 0.6 is 0 Å². The first kappa shape index (κ1) is 21.7. The van der Waals surface area contributed by atoms with Crippen molar-refractivity contribution in [3.05, 3.63) is 36.2 Å². The number of tetrazole rings is 1. The summed E-state index contributed by atoms with van der Waals surface area (Å²) in [5.74, 6) is 1.44. The molecule has 2 aliphatic rings.